The van der Waals surface area contributed by atoms with Gasteiger partial charge in [0.2, 0.25) is 0 Å². The molecule has 0 amide bonds. The predicted octanol–water partition coefficient (Wildman–Crippen LogP) is 2.00. The van der Waals surface area contributed by atoms with Gasteiger partial charge >= 0.3 is 0 Å². The van der Waals surface area contributed by atoms with E-state index in [4.69, 9.17) is 0 Å². The Labute approximate surface area is 108 Å². The maximum absolute atomic E-state index is 12.9. The van der Waals surface area contributed by atoms with Crippen molar-refractivity contribution in [2.45, 2.75) is 38.3 Å². The summed E-state index contributed by atoms with van der Waals surface area (Å²) in [7, 11) is 0. The van der Waals surface area contributed by atoms with Crippen LogP contribution in [0.2, 0.25) is 0 Å². The molecule has 0 bridgehead atoms. The predicted molar refractivity (Wildman–Crippen MR) is 69.8 cm³/mol. The second-order valence-electron chi connectivity index (χ2n) is 4.61. The summed E-state index contributed by atoms with van der Waals surface area (Å²) in [5.41, 5.74) is 0.272. The number of halogens is 1. The van der Waals surface area contributed by atoms with Gasteiger partial charge in [-0.2, -0.15) is 0 Å². The third-order valence-electron chi connectivity index (χ3n) is 3.44. The zero-order valence-electron chi connectivity index (χ0n) is 11.0. The van der Waals surface area contributed by atoms with Crippen LogP contribution in [0.1, 0.15) is 38.3 Å². The van der Waals surface area contributed by atoms with Crippen molar-refractivity contribution in [2.75, 3.05) is 13.2 Å². The van der Waals surface area contributed by atoms with Gasteiger partial charge in [-0.05, 0) is 30.5 Å². The molecule has 0 aliphatic carbocycles. The van der Waals surface area contributed by atoms with E-state index in [1.165, 1.54) is 12.1 Å². The molecule has 4 heteroatoms. The first-order valence-electron chi connectivity index (χ1n) is 6.35. The molecular formula is C14H22FNO2. The van der Waals surface area contributed by atoms with E-state index in [1.807, 2.05) is 13.8 Å². The third-order valence-corrected chi connectivity index (χ3v) is 3.44. The van der Waals surface area contributed by atoms with Crippen molar-refractivity contribution in [1.82, 2.24) is 5.32 Å². The van der Waals surface area contributed by atoms with E-state index in [0.717, 1.165) is 12.0 Å². The molecular weight excluding hydrogens is 233 g/mol. The van der Waals surface area contributed by atoms with Crippen molar-refractivity contribution in [1.29, 1.82) is 0 Å². The maximum atomic E-state index is 12.9. The fourth-order valence-corrected chi connectivity index (χ4v) is 1.95. The molecule has 0 spiro atoms. The monoisotopic (exact) mass is 255 g/mol. The Balaban J connectivity index is 2.86. The lowest BCUT2D eigenvalue weighted by Gasteiger charge is -2.34. The lowest BCUT2D eigenvalue weighted by atomic mass is 9.94. The van der Waals surface area contributed by atoms with Gasteiger partial charge in [-0.25, -0.2) is 4.39 Å². The van der Waals surface area contributed by atoms with Crippen molar-refractivity contribution in [3.05, 3.63) is 35.6 Å². The second kappa shape index (κ2) is 6.83. The Kier molecular flexibility index (Phi) is 5.72. The van der Waals surface area contributed by atoms with Crippen LogP contribution in [0.5, 0.6) is 0 Å². The standard InChI is InChI=1S/C14H22FNO2/c1-3-13(11-5-7-12(15)8-6-11)16-14(4-2,9-17)10-18/h5-8,13,16-18H,3-4,9-10H2,1-2H3. The van der Waals surface area contributed by atoms with E-state index in [1.54, 1.807) is 12.1 Å². The first-order chi connectivity index (χ1) is 8.60. The average Bonchev–Trinajstić information content (AvgIpc) is 2.42. The molecule has 1 aromatic rings. The molecule has 0 radical (unpaired) electrons. The molecule has 0 aliphatic rings. The van der Waals surface area contributed by atoms with Gasteiger partial charge in [0.05, 0.1) is 18.8 Å². The Morgan fingerprint density at radius 1 is 1.17 bits per heavy atom. The lowest BCUT2D eigenvalue weighted by molar-refractivity contribution is 0.0768. The summed E-state index contributed by atoms with van der Waals surface area (Å²) in [4.78, 5) is 0. The molecule has 1 rings (SSSR count). The van der Waals surface area contributed by atoms with Crippen LogP contribution in [0, 0.1) is 5.82 Å². The molecule has 0 heterocycles. The summed E-state index contributed by atoms with van der Waals surface area (Å²) in [6.45, 7) is 3.67. The molecule has 0 saturated carbocycles. The second-order valence-corrected chi connectivity index (χ2v) is 4.61. The summed E-state index contributed by atoms with van der Waals surface area (Å²) >= 11 is 0. The number of aliphatic hydroxyl groups excluding tert-OH is 2. The molecule has 0 saturated heterocycles. The average molecular weight is 255 g/mol. The molecule has 1 unspecified atom stereocenters. The van der Waals surface area contributed by atoms with E-state index >= 15 is 0 Å². The van der Waals surface area contributed by atoms with E-state index in [2.05, 4.69) is 5.32 Å². The highest BCUT2D eigenvalue weighted by atomic mass is 19.1. The number of benzene rings is 1. The minimum Gasteiger partial charge on any atom is -0.394 e. The van der Waals surface area contributed by atoms with Gasteiger partial charge < -0.3 is 15.5 Å². The number of nitrogens with one attached hydrogen (secondary N) is 1. The van der Waals surface area contributed by atoms with Crippen LogP contribution in [-0.2, 0) is 0 Å². The molecule has 0 aliphatic heterocycles. The van der Waals surface area contributed by atoms with Crippen molar-refractivity contribution in [3.63, 3.8) is 0 Å². The van der Waals surface area contributed by atoms with E-state index in [-0.39, 0.29) is 25.1 Å². The lowest BCUT2D eigenvalue weighted by Crippen LogP contribution is -2.52. The van der Waals surface area contributed by atoms with E-state index in [0.29, 0.717) is 6.42 Å². The van der Waals surface area contributed by atoms with Crippen LogP contribution >= 0.6 is 0 Å². The van der Waals surface area contributed by atoms with Crippen LogP contribution < -0.4 is 5.32 Å². The molecule has 1 aromatic carbocycles. The Morgan fingerprint density at radius 3 is 2.11 bits per heavy atom. The minimum absolute atomic E-state index is 0.00940. The molecule has 102 valence electrons. The summed E-state index contributed by atoms with van der Waals surface area (Å²) in [5.74, 6) is -0.264. The highest BCUT2D eigenvalue weighted by Gasteiger charge is 2.29. The van der Waals surface area contributed by atoms with Gasteiger partial charge in [-0.3, -0.25) is 0 Å². The Morgan fingerprint density at radius 2 is 1.72 bits per heavy atom. The highest BCUT2D eigenvalue weighted by molar-refractivity contribution is 5.20. The van der Waals surface area contributed by atoms with Gasteiger partial charge in [-0.15, -0.1) is 0 Å². The van der Waals surface area contributed by atoms with Crippen LogP contribution in [-0.4, -0.2) is 29.0 Å². The molecule has 3 nitrogen and oxygen atoms in total. The maximum Gasteiger partial charge on any atom is 0.123 e. The van der Waals surface area contributed by atoms with E-state index < -0.39 is 5.54 Å². The Bertz CT molecular complexity index is 341. The number of rotatable bonds is 7. The van der Waals surface area contributed by atoms with Crippen LogP contribution in [0.3, 0.4) is 0 Å². The van der Waals surface area contributed by atoms with Crippen LogP contribution in [0.25, 0.3) is 0 Å². The van der Waals surface area contributed by atoms with Gasteiger partial charge in [-0.1, -0.05) is 26.0 Å². The topological polar surface area (TPSA) is 52.5 Å². The normalized spacial score (nSPS) is 13.6. The number of hydrogen-bond donors (Lipinski definition) is 3. The summed E-state index contributed by atoms with van der Waals surface area (Å²) in [5, 5.41) is 22.1. The summed E-state index contributed by atoms with van der Waals surface area (Å²) in [6, 6.07) is 6.29. The largest absolute Gasteiger partial charge is 0.394 e. The van der Waals surface area contributed by atoms with Crippen molar-refractivity contribution in [2.24, 2.45) is 0 Å². The summed E-state index contributed by atoms with van der Waals surface area (Å²) in [6.07, 6.45) is 1.42. The number of hydrogen-bond acceptors (Lipinski definition) is 3. The van der Waals surface area contributed by atoms with Gasteiger partial charge in [0.15, 0.2) is 0 Å². The summed E-state index contributed by atoms with van der Waals surface area (Å²) < 4.78 is 12.9. The first-order valence-corrected chi connectivity index (χ1v) is 6.35. The fourth-order valence-electron chi connectivity index (χ4n) is 1.95. The van der Waals surface area contributed by atoms with Crippen molar-refractivity contribution >= 4 is 0 Å². The first kappa shape index (κ1) is 15.1. The van der Waals surface area contributed by atoms with Crippen LogP contribution in [0.4, 0.5) is 4.39 Å². The van der Waals surface area contributed by atoms with Gasteiger partial charge in [0, 0.05) is 6.04 Å². The molecule has 0 aromatic heterocycles. The minimum atomic E-state index is -0.685. The zero-order chi connectivity index (χ0) is 13.6. The number of aliphatic hydroxyl groups is 2. The SMILES string of the molecule is CCC(NC(CC)(CO)CO)c1ccc(F)cc1. The Hall–Kier alpha value is -0.970. The molecule has 0 fully saturated rings. The molecule has 18 heavy (non-hydrogen) atoms. The van der Waals surface area contributed by atoms with Crippen molar-refractivity contribution in [3.8, 4) is 0 Å². The van der Waals surface area contributed by atoms with Gasteiger partial charge in [0.25, 0.3) is 0 Å². The molecule has 3 N–H and O–H groups in total. The van der Waals surface area contributed by atoms with E-state index in [9.17, 15) is 14.6 Å². The molecule has 1 atom stereocenters. The van der Waals surface area contributed by atoms with Crippen molar-refractivity contribution < 1.29 is 14.6 Å². The van der Waals surface area contributed by atoms with Crippen LogP contribution in [0.15, 0.2) is 24.3 Å². The third kappa shape index (κ3) is 3.51. The zero-order valence-corrected chi connectivity index (χ0v) is 11.0. The fraction of sp³-hybridized carbons (Fsp3) is 0.571. The van der Waals surface area contributed by atoms with Gasteiger partial charge in [0.1, 0.15) is 5.82 Å². The highest BCUT2D eigenvalue weighted by Crippen LogP contribution is 2.22. The smallest absolute Gasteiger partial charge is 0.123 e. The quantitative estimate of drug-likeness (QED) is 0.698.